The zero-order valence-corrected chi connectivity index (χ0v) is 21.7. The average molecular weight is 565 g/mol. The van der Waals surface area contributed by atoms with Gasteiger partial charge in [-0.25, -0.2) is 0 Å². The second-order valence-corrected chi connectivity index (χ2v) is 12.9. The maximum atomic E-state index is 13.6. The van der Waals surface area contributed by atoms with Crippen LogP contribution in [-0.2, 0) is 48.2 Å². The topological polar surface area (TPSA) is 160 Å². The second-order valence-electron chi connectivity index (χ2n) is 11.5. The monoisotopic (exact) mass is 564 g/mol. The van der Waals surface area contributed by atoms with E-state index < -0.39 is 93.8 Å². The van der Waals surface area contributed by atoms with Crippen LogP contribution >= 0.6 is 0 Å². The lowest BCUT2D eigenvalue weighted by atomic mass is 9.78. The standard InChI is InChI=1S/C24H30F2O11S/c1-10(24(25,26)38(31,32)33)34-15(27)5-6-16(28)35-19-14-8-13-17(21(29)36-20(13)19)18(14)22(30)37-23(2)9-11-3-4-12(23)7-11/h10-14,17-20H,3-9H2,1-2H3,(H,31,32,33). The molecule has 1 saturated heterocycles. The zero-order chi connectivity index (χ0) is 27.8. The number of hydrogen-bond donors (Lipinski definition) is 1. The van der Waals surface area contributed by atoms with E-state index in [2.05, 4.69) is 4.74 Å². The highest BCUT2D eigenvalue weighted by molar-refractivity contribution is 7.86. The van der Waals surface area contributed by atoms with Crippen LogP contribution in [0.3, 0.4) is 0 Å². The molecule has 5 rings (SSSR count). The van der Waals surface area contributed by atoms with Crippen molar-refractivity contribution in [1.29, 1.82) is 0 Å². The van der Waals surface area contributed by atoms with Gasteiger partial charge in [-0.2, -0.15) is 17.2 Å². The summed E-state index contributed by atoms with van der Waals surface area (Å²) in [6, 6.07) is 0. The maximum Gasteiger partial charge on any atom is 0.405 e. The molecule has 0 aromatic carbocycles. The Hall–Kier alpha value is -2.35. The first-order valence-corrected chi connectivity index (χ1v) is 14.2. The van der Waals surface area contributed by atoms with Gasteiger partial charge in [-0.1, -0.05) is 0 Å². The number of rotatable bonds is 9. The van der Waals surface area contributed by atoms with Crippen LogP contribution < -0.4 is 0 Å². The normalized spacial score (nSPS) is 39.7. The van der Waals surface area contributed by atoms with Gasteiger partial charge in [0.25, 0.3) is 0 Å². The number of carbonyl (C=O) groups excluding carboxylic acids is 4. The Labute approximate surface area is 217 Å². The average Bonchev–Trinajstić information content (AvgIpc) is 3.59. The van der Waals surface area contributed by atoms with Gasteiger partial charge in [0, 0.05) is 11.8 Å². The first-order chi connectivity index (χ1) is 17.6. The molecule has 0 radical (unpaired) electrons. The molecule has 0 aromatic rings. The van der Waals surface area contributed by atoms with E-state index in [9.17, 15) is 36.4 Å². The van der Waals surface area contributed by atoms with Gasteiger partial charge in [-0.05, 0) is 57.8 Å². The summed E-state index contributed by atoms with van der Waals surface area (Å²) in [6.45, 7) is 2.52. The third-order valence-corrected chi connectivity index (χ3v) is 10.2. The summed E-state index contributed by atoms with van der Waals surface area (Å²) in [5.41, 5.74) is -0.584. The van der Waals surface area contributed by atoms with Crippen molar-refractivity contribution in [2.24, 2.45) is 35.5 Å². The Balaban J connectivity index is 1.18. The van der Waals surface area contributed by atoms with E-state index in [1.165, 1.54) is 0 Å². The van der Waals surface area contributed by atoms with Crippen LogP contribution in [0.4, 0.5) is 8.78 Å². The van der Waals surface area contributed by atoms with Crippen LogP contribution in [0.2, 0.25) is 0 Å². The smallest absolute Gasteiger partial charge is 0.405 e. The minimum Gasteiger partial charge on any atom is -0.459 e. The fraction of sp³-hybridized carbons (Fsp3) is 0.833. The summed E-state index contributed by atoms with van der Waals surface area (Å²) in [5.74, 6) is -4.69. The highest BCUT2D eigenvalue weighted by atomic mass is 32.2. The van der Waals surface area contributed by atoms with E-state index in [4.69, 9.17) is 18.8 Å². The third kappa shape index (κ3) is 4.37. The first kappa shape index (κ1) is 27.2. The Morgan fingerprint density at radius 3 is 2.45 bits per heavy atom. The largest absolute Gasteiger partial charge is 0.459 e. The molecule has 0 spiro atoms. The van der Waals surface area contributed by atoms with Crippen LogP contribution in [0.1, 0.15) is 58.8 Å². The van der Waals surface area contributed by atoms with E-state index in [1.807, 2.05) is 6.92 Å². The van der Waals surface area contributed by atoms with Crippen molar-refractivity contribution in [1.82, 2.24) is 0 Å². The van der Waals surface area contributed by atoms with Gasteiger partial charge >= 0.3 is 39.2 Å². The quantitative estimate of drug-likeness (QED) is 0.248. The van der Waals surface area contributed by atoms with Crippen molar-refractivity contribution < 1.29 is 59.9 Å². The predicted octanol–water partition coefficient (Wildman–Crippen LogP) is 2.02. The third-order valence-electron chi connectivity index (χ3n) is 9.18. The molecular weight excluding hydrogens is 534 g/mol. The molecule has 4 aliphatic carbocycles. The van der Waals surface area contributed by atoms with Gasteiger partial charge in [0.1, 0.15) is 17.8 Å². The van der Waals surface area contributed by atoms with Gasteiger partial charge in [0.15, 0.2) is 6.10 Å². The summed E-state index contributed by atoms with van der Waals surface area (Å²) in [4.78, 5) is 50.3. The van der Waals surface area contributed by atoms with Crippen LogP contribution in [0.25, 0.3) is 0 Å². The second kappa shape index (κ2) is 9.10. The number of carbonyl (C=O) groups is 4. The molecule has 1 aliphatic heterocycles. The molecule has 1 N–H and O–H groups in total. The van der Waals surface area contributed by atoms with Gasteiger partial charge in [-0.15, -0.1) is 0 Å². The Morgan fingerprint density at radius 1 is 1.16 bits per heavy atom. The molecular formula is C24H30F2O11S. The molecule has 10 unspecified atom stereocenters. The van der Waals surface area contributed by atoms with Crippen LogP contribution in [0.15, 0.2) is 0 Å². The number of esters is 4. The Morgan fingerprint density at radius 2 is 1.84 bits per heavy atom. The lowest BCUT2D eigenvalue weighted by Crippen LogP contribution is -2.46. The molecule has 4 saturated carbocycles. The summed E-state index contributed by atoms with van der Waals surface area (Å²) < 4.78 is 78.6. The number of alkyl halides is 2. The molecule has 14 heteroatoms. The predicted molar refractivity (Wildman–Crippen MR) is 120 cm³/mol. The van der Waals surface area contributed by atoms with Crippen molar-refractivity contribution in [2.75, 3.05) is 0 Å². The van der Waals surface area contributed by atoms with Crippen molar-refractivity contribution in [2.45, 2.75) is 88.0 Å². The van der Waals surface area contributed by atoms with E-state index in [0.717, 1.165) is 25.7 Å². The van der Waals surface area contributed by atoms with Crippen molar-refractivity contribution in [3.63, 3.8) is 0 Å². The molecule has 5 fully saturated rings. The Kier molecular flexibility index (Phi) is 6.52. The molecule has 0 amide bonds. The van der Waals surface area contributed by atoms with Crippen LogP contribution in [0, 0.1) is 35.5 Å². The van der Waals surface area contributed by atoms with Crippen molar-refractivity contribution in [3.8, 4) is 0 Å². The fourth-order valence-corrected chi connectivity index (χ4v) is 7.86. The lowest BCUT2D eigenvalue weighted by Gasteiger charge is -2.37. The van der Waals surface area contributed by atoms with Gasteiger partial charge < -0.3 is 18.9 Å². The fourth-order valence-electron chi connectivity index (χ4n) is 7.40. The van der Waals surface area contributed by atoms with Gasteiger partial charge in [0.05, 0.1) is 24.7 Å². The maximum absolute atomic E-state index is 13.6. The number of halogens is 2. The number of hydrogen-bond acceptors (Lipinski definition) is 10. The van der Waals surface area contributed by atoms with Crippen molar-refractivity contribution >= 4 is 34.0 Å². The molecule has 1 heterocycles. The lowest BCUT2D eigenvalue weighted by molar-refractivity contribution is -0.178. The molecule has 5 aliphatic rings. The van der Waals surface area contributed by atoms with Crippen LogP contribution in [0.5, 0.6) is 0 Å². The molecule has 4 bridgehead atoms. The van der Waals surface area contributed by atoms with E-state index >= 15 is 0 Å². The molecule has 0 aromatic heterocycles. The molecule has 11 nitrogen and oxygen atoms in total. The van der Waals surface area contributed by atoms with E-state index in [-0.39, 0.29) is 11.8 Å². The summed E-state index contributed by atoms with van der Waals surface area (Å²) >= 11 is 0. The van der Waals surface area contributed by atoms with Gasteiger partial charge in [0.2, 0.25) is 0 Å². The molecule has 38 heavy (non-hydrogen) atoms. The minimum absolute atomic E-state index is 0.284. The van der Waals surface area contributed by atoms with E-state index in [1.54, 1.807) is 0 Å². The minimum atomic E-state index is -5.82. The van der Waals surface area contributed by atoms with Crippen molar-refractivity contribution in [3.05, 3.63) is 0 Å². The Bertz CT molecular complexity index is 1160. The molecule has 10 atom stereocenters. The SMILES string of the molecule is CC(OC(=O)CCC(=O)OC1C2CC3C1OC(=O)C3C2C(=O)OC1(C)CC2CCC1C2)C(F)(F)S(=O)(=O)O. The highest BCUT2D eigenvalue weighted by Gasteiger charge is 2.70. The first-order valence-electron chi connectivity index (χ1n) is 12.8. The number of ether oxygens (including phenoxy) is 4. The summed E-state index contributed by atoms with van der Waals surface area (Å²) in [5, 5.41) is -4.73. The van der Waals surface area contributed by atoms with Gasteiger partial charge in [-0.3, -0.25) is 23.7 Å². The highest BCUT2D eigenvalue weighted by Crippen LogP contribution is 2.60. The summed E-state index contributed by atoms with van der Waals surface area (Å²) in [6.07, 6.45) is -1.07. The molecule has 212 valence electrons. The van der Waals surface area contributed by atoms with Crippen LogP contribution in [-0.4, -0.2) is 66.0 Å². The summed E-state index contributed by atoms with van der Waals surface area (Å²) in [7, 11) is -5.82. The zero-order valence-electron chi connectivity index (χ0n) is 20.8. The van der Waals surface area contributed by atoms with E-state index in [0.29, 0.717) is 19.3 Å². The number of fused-ring (bicyclic) bond motifs is 3.